The fourth-order valence-electron chi connectivity index (χ4n) is 3.48. The van der Waals surface area contributed by atoms with Crippen molar-refractivity contribution in [2.75, 3.05) is 6.61 Å². The van der Waals surface area contributed by atoms with Gasteiger partial charge in [0, 0.05) is 42.4 Å². The molecule has 6 nitrogen and oxygen atoms in total. The summed E-state index contributed by atoms with van der Waals surface area (Å²) in [5.41, 5.74) is 1.90. The first-order valence-corrected chi connectivity index (χ1v) is 10.9. The van der Waals surface area contributed by atoms with Gasteiger partial charge >= 0.3 is 0 Å². The molecule has 34 heavy (non-hydrogen) atoms. The zero-order valence-corrected chi connectivity index (χ0v) is 18.6. The van der Waals surface area contributed by atoms with Gasteiger partial charge in [-0.05, 0) is 48.4 Å². The van der Waals surface area contributed by atoms with Gasteiger partial charge in [-0.1, -0.05) is 19.1 Å². The first-order chi connectivity index (χ1) is 16.6. The zero-order valence-electron chi connectivity index (χ0n) is 18.6. The van der Waals surface area contributed by atoms with E-state index in [0.29, 0.717) is 46.0 Å². The molecule has 4 rings (SSSR count). The number of fused-ring (bicyclic) bond motifs is 1. The van der Waals surface area contributed by atoms with Gasteiger partial charge in [0.1, 0.15) is 28.8 Å². The summed E-state index contributed by atoms with van der Waals surface area (Å²) in [5, 5.41) is 0.618. The average molecular weight is 455 g/mol. The number of ether oxygens (including phenoxy) is 2. The topological polar surface area (TPSA) is 65.7 Å². The fraction of sp³-hybridized carbons (Fsp3) is 0.185. The van der Waals surface area contributed by atoms with E-state index >= 15 is 0 Å². The van der Waals surface area contributed by atoms with Gasteiger partial charge in [0.05, 0.1) is 18.7 Å². The molecule has 0 saturated carbocycles. The van der Waals surface area contributed by atoms with Crippen molar-refractivity contribution < 1.29 is 18.7 Å². The van der Waals surface area contributed by atoms with Crippen LogP contribution in [-0.2, 0) is 17.6 Å². The number of hydrogen-bond donors (Lipinski definition) is 0. The molecule has 0 aliphatic carbocycles. The first kappa shape index (κ1) is 22.9. The lowest BCUT2D eigenvalue weighted by molar-refractivity contribution is -0.117. The molecule has 0 aliphatic heterocycles. The Morgan fingerprint density at radius 3 is 2.65 bits per heavy atom. The van der Waals surface area contributed by atoms with Gasteiger partial charge in [0.2, 0.25) is 5.69 Å². The molecule has 0 saturated heterocycles. The lowest BCUT2D eigenvalue weighted by Crippen LogP contribution is -2.09. The molecule has 0 aliphatic rings. The van der Waals surface area contributed by atoms with Crippen molar-refractivity contribution in [1.29, 1.82) is 0 Å². The Bertz CT molecular complexity index is 1370. The molecular weight excluding hydrogens is 433 g/mol. The molecule has 0 spiro atoms. The Morgan fingerprint density at radius 2 is 1.91 bits per heavy atom. The van der Waals surface area contributed by atoms with Crippen molar-refractivity contribution in [2.24, 2.45) is 0 Å². The molecule has 170 valence electrons. The van der Waals surface area contributed by atoms with E-state index in [0.717, 1.165) is 6.42 Å². The van der Waals surface area contributed by atoms with Crippen molar-refractivity contribution in [1.82, 2.24) is 9.97 Å². The van der Waals surface area contributed by atoms with Gasteiger partial charge in [-0.3, -0.25) is 14.8 Å². The maximum Gasteiger partial charge on any atom is 0.229 e. The van der Waals surface area contributed by atoms with E-state index in [2.05, 4.69) is 14.8 Å². The van der Waals surface area contributed by atoms with Crippen LogP contribution in [0.15, 0.2) is 67.0 Å². The van der Waals surface area contributed by atoms with E-state index in [1.165, 1.54) is 6.07 Å². The number of Topliss-reactive ketones (excluding diaryl/α,β-unsaturated/α-hetero) is 1. The number of halogens is 1. The highest BCUT2D eigenvalue weighted by Crippen LogP contribution is 2.37. The molecular formula is C27H22FN3O3. The fourth-order valence-corrected chi connectivity index (χ4v) is 3.48. The third-order valence-electron chi connectivity index (χ3n) is 5.11. The minimum atomic E-state index is -0.526. The monoisotopic (exact) mass is 455 g/mol. The van der Waals surface area contributed by atoms with Gasteiger partial charge in [-0.15, -0.1) is 0 Å². The van der Waals surface area contributed by atoms with Gasteiger partial charge in [0.15, 0.2) is 0 Å². The molecule has 2 aromatic heterocycles. The van der Waals surface area contributed by atoms with E-state index in [1.54, 1.807) is 54.9 Å². The minimum Gasteiger partial charge on any atom is -0.505 e. The molecule has 2 aromatic carbocycles. The summed E-state index contributed by atoms with van der Waals surface area (Å²) in [6.07, 6.45) is 4.14. The third kappa shape index (κ3) is 5.36. The standard InChI is InChI=1S/C27H22FN3O3/c1-3-12-33-27-17-24-22(16-25(27)29-2)26(9-11-31-24)34-21-8-7-18(23(28)15-21)13-20(32)14-19-6-4-5-10-30-19/h4-11,15-17H,3,12-14H2,1H3. The molecule has 0 bridgehead atoms. The molecule has 0 radical (unpaired) electrons. The largest absolute Gasteiger partial charge is 0.505 e. The van der Waals surface area contributed by atoms with Crippen molar-refractivity contribution in [3.05, 3.63) is 95.5 Å². The highest BCUT2D eigenvalue weighted by atomic mass is 19.1. The van der Waals surface area contributed by atoms with Crippen LogP contribution in [0.3, 0.4) is 0 Å². The highest BCUT2D eigenvalue weighted by Gasteiger charge is 2.14. The van der Waals surface area contributed by atoms with Gasteiger partial charge in [-0.25, -0.2) is 9.24 Å². The lowest BCUT2D eigenvalue weighted by Gasteiger charge is -2.12. The number of rotatable bonds is 9. The second kappa shape index (κ2) is 10.5. The molecule has 0 atom stereocenters. The quantitative estimate of drug-likeness (QED) is 0.279. The summed E-state index contributed by atoms with van der Waals surface area (Å²) < 4.78 is 26.3. The van der Waals surface area contributed by atoms with E-state index in [1.807, 2.05) is 13.0 Å². The van der Waals surface area contributed by atoms with Crippen LogP contribution in [-0.4, -0.2) is 22.4 Å². The zero-order chi connectivity index (χ0) is 23.9. The maximum absolute atomic E-state index is 14.7. The third-order valence-corrected chi connectivity index (χ3v) is 5.11. The van der Waals surface area contributed by atoms with Gasteiger partial charge in [0.25, 0.3) is 0 Å². The van der Waals surface area contributed by atoms with Crippen molar-refractivity contribution >= 4 is 22.4 Å². The second-order valence-corrected chi connectivity index (χ2v) is 7.68. The maximum atomic E-state index is 14.7. The Hall–Kier alpha value is -4.31. The summed E-state index contributed by atoms with van der Waals surface area (Å²) >= 11 is 0. The van der Waals surface area contributed by atoms with E-state index in [-0.39, 0.29) is 24.4 Å². The predicted molar refractivity (Wildman–Crippen MR) is 127 cm³/mol. The number of carbonyl (C=O) groups is 1. The normalized spacial score (nSPS) is 10.6. The SMILES string of the molecule is [C-]#[N+]c1cc2c(Oc3ccc(CC(=O)Cc4ccccn4)c(F)c3)ccnc2cc1OCCC. The summed E-state index contributed by atoms with van der Waals surface area (Å²) in [4.78, 5) is 24.4. The number of hydrogen-bond acceptors (Lipinski definition) is 5. The van der Waals surface area contributed by atoms with Crippen molar-refractivity contribution in [3.63, 3.8) is 0 Å². The summed E-state index contributed by atoms with van der Waals surface area (Å²) in [5.74, 6) is 0.540. The van der Waals surface area contributed by atoms with Crippen LogP contribution >= 0.6 is 0 Å². The Morgan fingerprint density at radius 1 is 1.03 bits per heavy atom. The van der Waals surface area contributed by atoms with E-state index < -0.39 is 5.82 Å². The number of pyridine rings is 2. The van der Waals surface area contributed by atoms with Crippen LogP contribution in [0.25, 0.3) is 15.7 Å². The summed E-state index contributed by atoms with van der Waals surface area (Å²) in [6, 6.07) is 14.8. The number of ketones is 1. The highest BCUT2D eigenvalue weighted by molar-refractivity contribution is 5.91. The Balaban J connectivity index is 1.53. The number of nitrogens with zero attached hydrogens (tertiary/aromatic N) is 3. The molecule has 0 fully saturated rings. The van der Waals surface area contributed by atoms with Crippen LogP contribution < -0.4 is 9.47 Å². The molecule has 7 heteroatoms. The van der Waals surface area contributed by atoms with Crippen LogP contribution in [0.4, 0.5) is 10.1 Å². The summed E-state index contributed by atoms with van der Waals surface area (Å²) in [6.45, 7) is 9.96. The van der Waals surface area contributed by atoms with Crippen LogP contribution in [0.1, 0.15) is 24.6 Å². The second-order valence-electron chi connectivity index (χ2n) is 7.68. The molecule has 2 heterocycles. The number of carbonyl (C=O) groups excluding carboxylic acids is 1. The molecule has 0 amide bonds. The van der Waals surface area contributed by atoms with Crippen LogP contribution in [0, 0.1) is 12.4 Å². The van der Waals surface area contributed by atoms with Gasteiger partial charge < -0.3 is 9.47 Å². The average Bonchev–Trinajstić information content (AvgIpc) is 2.84. The number of aromatic nitrogens is 2. The van der Waals surface area contributed by atoms with E-state index in [9.17, 15) is 9.18 Å². The van der Waals surface area contributed by atoms with Crippen molar-refractivity contribution in [3.8, 4) is 17.2 Å². The smallest absolute Gasteiger partial charge is 0.229 e. The van der Waals surface area contributed by atoms with E-state index in [4.69, 9.17) is 16.0 Å². The molecule has 0 N–H and O–H groups in total. The van der Waals surface area contributed by atoms with Crippen LogP contribution in [0.5, 0.6) is 17.2 Å². The van der Waals surface area contributed by atoms with Crippen LogP contribution in [0.2, 0.25) is 0 Å². The number of benzene rings is 2. The van der Waals surface area contributed by atoms with Crippen molar-refractivity contribution in [2.45, 2.75) is 26.2 Å². The summed E-state index contributed by atoms with van der Waals surface area (Å²) in [7, 11) is 0. The molecule has 4 aromatic rings. The minimum absolute atomic E-state index is 0.0320. The Labute approximate surface area is 196 Å². The first-order valence-electron chi connectivity index (χ1n) is 10.9. The molecule has 0 unspecified atom stereocenters. The lowest BCUT2D eigenvalue weighted by atomic mass is 10.0. The van der Waals surface area contributed by atoms with Gasteiger partial charge in [-0.2, -0.15) is 0 Å². The predicted octanol–water partition coefficient (Wildman–Crippen LogP) is 6.26. The Kier molecular flexibility index (Phi) is 7.09.